The monoisotopic (exact) mass is 537 g/mol. The van der Waals surface area contributed by atoms with Gasteiger partial charge in [-0.15, -0.1) is 0 Å². The molecule has 2 unspecified atom stereocenters. The Morgan fingerprint density at radius 2 is 2.08 bits per heavy atom. The molecule has 2 atom stereocenters. The number of amides is 3. The lowest BCUT2D eigenvalue weighted by molar-refractivity contribution is -0.128. The maximum atomic E-state index is 12.7. The van der Waals surface area contributed by atoms with Crippen LogP contribution in [-0.2, 0) is 16.1 Å². The second-order valence-corrected chi connectivity index (χ2v) is 9.35. The molecule has 1 aliphatic rings. The topological polar surface area (TPSA) is 105 Å². The van der Waals surface area contributed by atoms with E-state index in [1.54, 1.807) is 12.1 Å². The smallest absolute Gasteiger partial charge is 0.319 e. The standard InChI is InChI=1S/C25H33Cl2N5O4/c1-3-8-32-9-10-35-20(16-32)15-30-25(34)31-19-7-5-6-17(11-19)13-28-23(33)22(4-2)36-24-21(27)12-18(26)14-29-24/h5-7,11-12,14,20,22H,3-4,8-10,13,15-16H2,1-2H3,(H,28,33)(H2,30,31,34). The fraction of sp³-hybridized carbons (Fsp3) is 0.480. The van der Waals surface area contributed by atoms with Crippen molar-refractivity contribution in [1.29, 1.82) is 0 Å². The number of carbonyl (C=O) groups excluding carboxylic acids is 2. The molecule has 0 spiro atoms. The lowest BCUT2D eigenvalue weighted by Gasteiger charge is -2.32. The first-order chi connectivity index (χ1) is 17.4. The molecule has 1 aromatic heterocycles. The largest absolute Gasteiger partial charge is 0.463 e. The molecule has 3 rings (SSSR count). The third kappa shape index (κ3) is 8.81. The minimum atomic E-state index is -0.765. The van der Waals surface area contributed by atoms with Crippen molar-refractivity contribution in [3.63, 3.8) is 0 Å². The minimum Gasteiger partial charge on any atom is -0.463 e. The Hall–Kier alpha value is -2.59. The molecule has 0 bridgehead atoms. The number of hydrogen-bond donors (Lipinski definition) is 3. The quantitative estimate of drug-likeness (QED) is 0.398. The van der Waals surface area contributed by atoms with Crippen LogP contribution in [0.2, 0.25) is 10.0 Å². The van der Waals surface area contributed by atoms with E-state index in [0.717, 1.165) is 31.6 Å². The van der Waals surface area contributed by atoms with E-state index in [4.69, 9.17) is 32.7 Å². The zero-order chi connectivity index (χ0) is 25.9. The van der Waals surface area contributed by atoms with E-state index < -0.39 is 6.10 Å². The lowest BCUT2D eigenvalue weighted by atomic mass is 10.2. The number of ether oxygens (including phenoxy) is 2. The van der Waals surface area contributed by atoms with Crippen molar-refractivity contribution >= 4 is 40.8 Å². The van der Waals surface area contributed by atoms with Gasteiger partial charge in [-0.05, 0) is 43.1 Å². The van der Waals surface area contributed by atoms with Crippen molar-refractivity contribution in [2.75, 3.05) is 38.1 Å². The van der Waals surface area contributed by atoms with Crippen molar-refractivity contribution in [2.24, 2.45) is 0 Å². The number of benzene rings is 1. The number of nitrogens with one attached hydrogen (secondary N) is 3. The third-order valence-corrected chi connectivity index (χ3v) is 6.07. The number of anilines is 1. The van der Waals surface area contributed by atoms with Crippen molar-refractivity contribution in [3.8, 4) is 5.88 Å². The fourth-order valence-corrected chi connectivity index (χ4v) is 4.24. The summed E-state index contributed by atoms with van der Waals surface area (Å²) in [5.41, 5.74) is 1.45. The number of rotatable bonds is 11. The van der Waals surface area contributed by atoms with Crippen molar-refractivity contribution in [1.82, 2.24) is 20.5 Å². The zero-order valence-corrected chi connectivity index (χ0v) is 22.1. The predicted molar refractivity (Wildman–Crippen MR) is 141 cm³/mol. The number of carbonyl (C=O) groups is 2. The molecule has 11 heteroatoms. The molecule has 1 saturated heterocycles. The SMILES string of the molecule is CCCN1CCOC(CNC(=O)Nc2cccc(CNC(=O)C(CC)Oc3ncc(Cl)cc3Cl)c2)C1. The Labute approximate surface area is 221 Å². The van der Waals surface area contributed by atoms with E-state index in [1.165, 1.54) is 12.3 Å². The maximum absolute atomic E-state index is 12.7. The molecule has 0 saturated carbocycles. The maximum Gasteiger partial charge on any atom is 0.319 e. The Balaban J connectivity index is 1.46. The highest BCUT2D eigenvalue weighted by molar-refractivity contribution is 6.35. The van der Waals surface area contributed by atoms with Crippen LogP contribution in [0.3, 0.4) is 0 Å². The van der Waals surface area contributed by atoms with Crippen LogP contribution >= 0.6 is 23.2 Å². The van der Waals surface area contributed by atoms with Crippen LogP contribution in [0.1, 0.15) is 32.3 Å². The molecule has 2 aromatic rings. The van der Waals surface area contributed by atoms with E-state index in [0.29, 0.717) is 30.3 Å². The normalized spacial score (nSPS) is 16.7. The van der Waals surface area contributed by atoms with Gasteiger partial charge in [-0.3, -0.25) is 9.69 Å². The van der Waals surface area contributed by atoms with Gasteiger partial charge in [0.1, 0.15) is 5.02 Å². The molecule has 2 heterocycles. The van der Waals surface area contributed by atoms with Crippen LogP contribution in [-0.4, -0.2) is 66.8 Å². The van der Waals surface area contributed by atoms with Crippen molar-refractivity contribution < 1.29 is 19.1 Å². The summed E-state index contributed by atoms with van der Waals surface area (Å²) in [5, 5.41) is 9.18. The summed E-state index contributed by atoms with van der Waals surface area (Å²) >= 11 is 12.0. The van der Waals surface area contributed by atoms with Crippen LogP contribution < -0.4 is 20.7 Å². The minimum absolute atomic E-state index is 0.0238. The van der Waals surface area contributed by atoms with Crippen LogP contribution in [0.4, 0.5) is 10.5 Å². The summed E-state index contributed by atoms with van der Waals surface area (Å²) in [5.74, 6) is -0.150. The predicted octanol–water partition coefficient (Wildman–Crippen LogP) is 4.09. The molecule has 0 radical (unpaired) electrons. The number of nitrogens with zero attached hydrogens (tertiary/aromatic N) is 2. The van der Waals surface area contributed by atoms with E-state index >= 15 is 0 Å². The Morgan fingerprint density at radius 3 is 2.83 bits per heavy atom. The van der Waals surface area contributed by atoms with Gasteiger partial charge in [0.05, 0.1) is 17.7 Å². The molecular formula is C25H33Cl2N5O4. The molecule has 0 aliphatic carbocycles. The average molecular weight is 538 g/mol. The third-order valence-electron chi connectivity index (χ3n) is 5.60. The van der Waals surface area contributed by atoms with E-state index in [-0.39, 0.29) is 35.5 Å². The van der Waals surface area contributed by atoms with E-state index in [1.807, 2.05) is 19.1 Å². The summed E-state index contributed by atoms with van der Waals surface area (Å²) in [6.45, 7) is 8.13. The first-order valence-corrected chi connectivity index (χ1v) is 12.9. The van der Waals surface area contributed by atoms with E-state index in [9.17, 15) is 9.59 Å². The highest BCUT2D eigenvalue weighted by Crippen LogP contribution is 2.26. The summed E-state index contributed by atoms with van der Waals surface area (Å²) in [6, 6.07) is 8.47. The van der Waals surface area contributed by atoms with Crippen molar-refractivity contribution in [3.05, 3.63) is 52.1 Å². The summed E-state index contributed by atoms with van der Waals surface area (Å²) < 4.78 is 11.4. The van der Waals surface area contributed by atoms with Crippen LogP contribution in [0.15, 0.2) is 36.5 Å². The Kier molecular flexibility index (Phi) is 11.1. The molecular weight excluding hydrogens is 505 g/mol. The second-order valence-electron chi connectivity index (χ2n) is 8.50. The summed E-state index contributed by atoms with van der Waals surface area (Å²) in [4.78, 5) is 31.4. The number of urea groups is 1. The summed E-state index contributed by atoms with van der Waals surface area (Å²) in [7, 11) is 0. The summed E-state index contributed by atoms with van der Waals surface area (Å²) in [6.07, 6.45) is 2.14. The fourth-order valence-electron chi connectivity index (χ4n) is 3.81. The van der Waals surface area contributed by atoms with Gasteiger partial charge in [0.2, 0.25) is 5.88 Å². The zero-order valence-electron chi connectivity index (χ0n) is 20.6. The van der Waals surface area contributed by atoms with Gasteiger partial charge in [0.25, 0.3) is 5.91 Å². The highest BCUT2D eigenvalue weighted by atomic mass is 35.5. The molecule has 1 aromatic carbocycles. The first kappa shape index (κ1) is 28.0. The van der Waals surface area contributed by atoms with Crippen LogP contribution in [0.5, 0.6) is 5.88 Å². The number of morpholine rings is 1. The molecule has 9 nitrogen and oxygen atoms in total. The van der Waals surface area contributed by atoms with Crippen LogP contribution in [0.25, 0.3) is 0 Å². The Morgan fingerprint density at radius 1 is 1.25 bits per heavy atom. The number of halogens is 2. The van der Waals surface area contributed by atoms with Crippen molar-refractivity contribution in [2.45, 2.75) is 45.4 Å². The lowest BCUT2D eigenvalue weighted by Crippen LogP contribution is -2.48. The number of hydrogen-bond acceptors (Lipinski definition) is 6. The number of aromatic nitrogens is 1. The molecule has 1 aliphatic heterocycles. The van der Waals surface area contributed by atoms with Gasteiger partial charge in [-0.25, -0.2) is 9.78 Å². The van der Waals surface area contributed by atoms with Gasteiger partial charge >= 0.3 is 6.03 Å². The average Bonchev–Trinajstić information content (AvgIpc) is 2.86. The first-order valence-electron chi connectivity index (χ1n) is 12.1. The molecule has 1 fully saturated rings. The Bertz CT molecular complexity index is 1020. The second kappa shape index (κ2) is 14.2. The molecule has 3 N–H and O–H groups in total. The molecule has 36 heavy (non-hydrogen) atoms. The van der Waals surface area contributed by atoms with Gasteiger partial charge in [-0.2, -0.15) is 0 Å². The number of pyridine rings is 1. The molecule has 196 valence electrons. The van der Waals surface area contributed by atoms with Gasteiger partial charge < -0.3 is 25.4 Å². The highest BCUT2D eigenvalue weighted by Gasteiger charge is 2.21. The van der Waals surface area contributed by atoms with Crippen LogP contribution in [0, 0.1) is 0 Å². The molecule has 3 amide bonds. The van der Waals surface area contributed by atoms with E-state index in [2.05, 4.69) is 32.8 Å². The van der Waals surface area contributed by atoms with Gasteiger partial charge in [0.15, 0.2) is 6.10 Å². The van der Waals surface area contributed by atoms with Gasteiger partial charge in [-0.1, -0.05) is 49.2 Å². The van der Waals surface area contributed by atoms with Gasteiger partial charge in [0, 0.05) is 38.1 Å².